The molecule has 0 atom stereocenters. The van der Waals surface area contributed by atoms with Crippen molar-refractivity contribution in [2.75, 3.05) is 11.9 Å². The van der Waals surface area contributed by atoms with Crippen LogP contribution in [0, 0.1) is 0 Å². The van der Waals surface area contributed by atoms with E-state index >= 15 is 0 Å². The molecule has 24 heavy (non-hydrogen) atoms. The Morgan fingerprint density at radius 3 is 2.62 bits per heavy atom. The van der Waals surface area contributed by atoms with Crippen molar-refractivity contribution >= 4 is 5.82 Å². The van der Waals surface area contributed by atoms with Crippen LogP contribution in [0.15, 0.2) is 35.0 Å². The van der Waals surface area contributed by atoms with Crippen LogP contribution >= 0.6 is 0 Å². The smallest absolute Gasteiger partial charge is 0.246 e. The van der Waals surface area contributed by atoms with Crippen LogP contribution in [0.2, 0.25) is 0 Å². The lowest BCUT2D eigenvalue weighted by molar-refractivity contribution is 0.373. The summed E-state index contributed by atoms with van der Waals surface area (Å²) < 4.78 is 5.26. The van der Waals surface area contributed by atoms with Crippen LogP contribution in [0.1, 0.15) is 31.3 Å². The van der Waals surface area contributed by atoms with Crippen molar-refractivity contribution in [1.29, 1.82) is 0 Å². The van der Waals surface area contributed by atoms with E-state index < -0.39 is 0 Å². The Morgan fingerprint density at radius 1 is 1.08 bits per heavy atom. The zero-order valence-electron chi connectivity index (χ0n) is 14.1. The molecule has 7 heteroatoms. The number of nitrogens with zero attached hydrogens (tertiary/aromatic N) is 6. The third-order valence-electron chi connectivity index (χ3n) is 3.61. The number of anilines is 1. The number of aromatic nitrogens is 5. The maximum Gasteiger partial charge on any atom is 0.246 e. The molecular weight excluding hydrogens is 304 g/mol. The van der Waals surface area contributed by atoms with Gasteiger partial charge in [0.1, 0.15) is 11.5 Å². The average molecular weight is 324 g/mol. The molecule has 0 aliphatic heterocycles. The van der Waals surface area contributed by atoms with Crippen LogP contribution in [0.5, 0.6) is 0 Å². The first kappa shape index (κ1) is 16.0. The summed E-state index contributed by atoms with van der Waals surface area (Å²) in [5.74, 6) is 2.71. The first-order valence-electron chi connectivity index (χ1n) is 8.01. The van der Waals surface area contributed by atoms with Crippen LogP contribution in [0.3, 0.4) is 0 Å². The molecule has 3 rings (SSSR count). The average Bonchev–Trinajstić information content (AvgIpc) is 3.09. The van der Waals surface area contributed by atoms with E-state index in [1.54, 1.807) is 6.20 Å². The van der Waals surface area contributed by atoms with E-state index in [-0.39, 0.29) is 0 Å². The highest BCUT2D eigenvalue weighted by Gasteiger charge is 2.13. The number of hydrogen-bond donors (Lipinski definition) is 0. The Kier molecular flexibility index (Phi) is 4.79. The van der Waals surface area contributed by atoms with Crippen LogP contribution in [0.25, 0.3) is 11.5 Å². The highest BCUT2D eigenvalue weighted by molar-refractivity contribution is 5.53. The minimum Gasteiger partial charge on any atom is -0.350 e. The number of hydrogen-bond acceptors (Lipinski definition) is 7. The molecule has 3 aromatic rings. The normalized spacial score (nSPS) is 10.8. The molecule has 0 amide bonds. The van der Waals surface area contributed by atoms with Crippen molar-refractivity contribution in [3.05, 3.63) is 47.9 Å². The minimum atomic E-state index is 0.495. The predicted molar refractivity (Wildman–Crippen MR) is 90.4 cm³/mol. The molecule has 3 aromatic heterocycles. The SMILES string of the molecule is CCc1cc(N(C)Cc2nc(CC)no2)nc(-c2ccccn2)n1. The molecule has 0 aromatic carbocycles. The maximum atomic E-state index is 5.26. The molecule has 0 aliphatic carbocycles. The number of rotatable bonds is 6. The summed E-state index contributed by atoms with van der Waals surface area (Å²) in [5.41, 5.74) is 1.72. The third kappa shape index (κ3) is 3.56. The van der Waals surface area contributed by atoms with E-state index in [2.05, 4.69) is 32.0 Å². The fourth-order valence-electron chi connectivity index (χ4n) is 2.25. The Bertz CT molecular complexity index is 802. The van der Waals surface area contributed by atoms with Gasteiger partial charge < -0.3 is 9.42 Å². The molecule has 0 fully saturated rings. The van der Waals surface area contributed by atoms with Gasteiger partial charge in [0.2, 0.25) is 5.89 Å². The monoisotopic (exact) mass is 324 g/mol. The summed E-state index contributed by atoms with van der Waals surface area (Å²) in [6.07, 6.45) is 3.32. The number of aryl methyl sites for hydroxylation is 2. The van der Waals surface area contributed by atoms with Gasteiger partial charge in [0.15, 0.2) is 11.6 Å². The van der Waals surface area contributed by atoms with Crippen LogP contribution in [-0.2, 0) is 19.4 Å². The lowest BCUT2D eigenvalue weighted by Crippen LogP contribution is -2.19. The standard InChI is InChI=1S/C17H20N6O/c1-4-12-10-15(21-17(19-12)13-8-6-7-9-18-13)23(3)11-16-20-14(5-2)22-24-16/h6-10H,4-5,11H2,1-3H3. The Morgan fingerprint density at radius 2 is 1.96 bits per heavy atom. The largest absolute Gasteiger partial charge is 0.350 e. The molecule has 0 radical (unpaired) electrons. The van der Waals surface area contributed by atoms with E-state index in [9.17, 15) is 0 Å². The molecule has 0 saturated heterocycles. The highest BCUT2D eigenvalue weighted by Crippen LogP contribution is 2.19. The van der Waals surface area contributed by atoms with E-state index in [1.807, 2.05) is 43.1 Å². The minimum absolute atomic E-state index is 0.495. The van der Waals surface area contributed by atoms with Gasteiger partial charge in [0.05, 0.1) is 6.54 Å². The zero-order chi connectivity index (χ0) is 16.9. The first-order valence-corrected chi connectivity index (χ1v) is 8.01. The van der Waals surface area contributed by atoms with Gasteiger partial charge in [-0.3, -0.25) is 4.98 Å². The maximum absolute atomic E-state index is 5.26. The lowest BCUT2D eigenvalue weighted by Gasteiger charge is -2.17. The Labute approximate surface area is 140 Å². The van der Waals surface area contributed by atoms with E-state index in [1.165, 1.54) is 0 Å². The molecule has 0 aliphatic rings. The topological polar surface area (TPSA) is 80.8 Å². The van der Waals surface area contributed by atoms with Gasteiger partial charge >= 0.3 is 0 Å². The second-order valence-electron chi connectivity index (χ2n) is 5.42. The fourth-order valence-corrected chi connectivity index (χ4v) is 2.25. The second kappa shape index (κ2) is 7.16. The van der Waals surface area contributed by atoms with Crippen LogP contribution < -0.4 is 4.90 Å². The first-order chi connectivity index (χ1) is 11.7. The second-order valence-corrected chi connectivity index (χ2v) is 5.42. The molecule has 3 heterocycles. The van der Waals surface area contributed by atoms with Crippen molar-refractivity contribution in [2.24, 2.45) is 0 Å². The Balaban J connectivity index is 1.88. The molecule has 0 bridgehead atoms. The van der Waals surface area contributed by atoms with Gasteiger partial charge in [-0.2, -0.15) is 4.98 Å². The van der Waals surface area contributed by atoms with Gasteiger partial charge in [-0.25, -0.2) is 9.97 Å². The van der Waals surface area contributed by atoms with Crippen molar-refractivity contribution < 1.29 is 4.52 Å². The Hall–Kier alpha value is -2.83. The van der Waals surface area contributed by atoms with Crippen molar-refractivity contribution in [2.45, 2.75) is 33.2 Å². The van der Waals surface area contributed by atoms with Gasteiger partial charge in [-0.1, -0.05) is 25.1 Å². The summed E-state index contributed by atoms with van der Waals surface area (Å²) in [7, 11) is 1.94. The van der Waals surface area contributed by atoms with Gasteiger partial charge in [-0.15, -0.1) is 0 Å². The predicted octanol–water partition coefficient (Wildman–Crippen LogP) is 2.68. The molecule has 0 unspecified atom stereocenters. The van der Waals surface area contributed by atoms with Gasteiger partial charge in [0, 0.05) is 31.4 Å². The van der Waals surface area contributed by atoms with E-state index in [0.29, 0.717) is 24.1 Å². The highest BCUT2D eigenvalue weighted by atomic mass is 16.5. The summed E-state index contributed by atoms with van der Waals surface area (Å²) in [4.78, 5) is 19.9. The quantitative estimate of drug-likeness (QED) is 0.689. The summed E-state index contributed by atoms with van der Waals surface area (Å²) in [5, 5.41) is 3.92. The van der Waals surface area contributed by atoms with Crippen molar-refractivity contribution in [3.8, 4) is 11.5 Å². The van der Waals surface area contributed by atoms with Crippen LogP contribution in [0.4, 0.5) is 5.82 Å². The van der Waals surface area contributed by atoms with E-state index in [0.717, 1.165) is 30.0 Å². The van der Waals surface area contributed by atoms with Crippen LogP contribution in [-0.4, -0.2) is 32.1 Å². The molecular formula is C17H20N6O. The molecule has 7 nitrogen and oxygen atoms in total. The van der Waals surface area contributed by atoms with Gasteiger partial charge in [-0.05, 0) is 18.6 Å². The van der Waals surface area contributed by atoms with Crippen molar-refractivity contribution in [3.63, 3.8) is 0 Å². The lowest BCUT2D eigenvalue weighted by atomic mass is 10.2. The molecule has 0 N–H and O–H groups in total. The molecule has 124 valence electrons. The fraction of sp³-hybridized carbons (Fsp3) is 0.353. The van der Waals surface area contributed by atoms with Crippen molar-refractivity contribution in [1.82, 2.24) is 25.1 Å². The summed E-state index contributed by atoms with van der Waals surface area (Å²) in [6, 6.07) is 7.69. The third-order valence-corrected chi connectivity index (χ3v) is 3.61. The van der Waals surface area contributed by atoms with E-state index in [4.69, 9.17) is 4.52 Å². The molecule has 0 saturated carbocycles. The van der Waals surface area contributed by atoms with Gasteiger partial charge in [0.25, 0.3) is 0 Å². The summed E-state index contributed by atoms with van der Waals surface area (Å²) in [6.45, 7) is 4.56. The zero-order valence-corrected chi connectivity index (χ0v) is 14.1. The number of pyridine rings is 1. The molecule has 0 spiro atoms. The summed E-state index contributed by atoms with van der Waals surface area (Å²) >= 11 is 0.